The highest BCUT2D eigenvalue weighted by Crippen LogP contribution is 2.37. The van der Waals surface area contributed by atoms with Crippen molar-refractivity contribution in [3.63, 3.8) is 0 Å². The van der Waals surface area contributed by atoms with Crippen molar-refractivity contribution in [2.75, 3.05) is 18.4 Å². The quantitative estimate of drug-likeness (QED) is 0.495. The highest BCUT2D eigenvalue weighted by molar-refractivity contribution is 7.99. The van der Waals surface area contributed by atoms with Crippen LogP contribution in [0.3, 0.4) is 0 Å². The molecule has 8 heteroatoms. The predicted octanol–water partition coefficient (Wildman–Crippen LogP) is 6.05. The lowest BCUT2D eigenvalue weighted by Gasteiger charge is -2.32. The van der Waals surface area contributed by atoms with Crippen molar-refractivity contribution in [3.8, 4) is 6.07 Å². The first-order chi connectivity index (χ1) is 15.5. The molecular formula is C24H27F2N3OS2. The van der Waals surface area contributed by atoms with Crippen LogP contribution in [0.15, 0.2) is 29.2 Å². The molecule has 0 saturated heterocycles. The summed E-state index contributed by atoms with van der Waals surface area (Å²) >= 11 is 2.00. The summed E-state index contributed by atoms with van der Waals surface area (Å²) in [5.41, 5.74) is 2.42. The van der Waals surface area contributed by atoms with Crippen LogP contribution in [0, 0.1) is 17.2 Å². The molecule has 170 valence electrons. The summed E-state index contributed by atoms with van der Waals surface area (Å²) in [5.74, 6) is -1.90. The summed E-state index contributed by atoms with van der Waals surface area (Å²) in [7, 11) is 0. The standard InChI is InChI=1S/C24H27F2N3OS2/c25-24(26)31-18-8-6-16(7-9-18)12-22(30)28-23-19(13-27)20-15-29(11-10-21(20)32-23)14-17-4-2-1-3-5-17/h6-9,17,24H,1-5,10-12,14-15H2,(H,28,30). The lowest BCUT2D eigenvalue weighted by molar-refractivity contribution is -0.115. The van der Waals surface area contributed by atoms with E-state index in [4.69, 9.17) is 0 Å². The van der Waals surface area contributed by atoms with E-state index < -0.39 is 5.76 Å². The van der Waals surface area contributed by atoms with E-state index in [1.54, 1.807) is 24.3 Å². The molecule has 2 heterocycles. The van der Waals surface area contributed by atoms with Crippen molar-refractivity contribution in [2.24, 2.45) is 5.92 Å². The summed E-state index contributed by atoms with van der Waals surface area (Å²) < 4.78 is 24.9. The average Bonchev–Trinajstić information content (AvgIpc) is 3.11. The first-order valence-corrected chi connectivity index (χ1v) is 12.8. The third-order valence-corrected chi connectivity index (χ3v) is 8.18. The van der Waals surface area contributed by atoms with Crippen LogP contribution in [-0.4, -0.2) is 29.7 Å². The largest absolute Gasteiger partial charge is 0.316 e. The molecule has 1 aliphatic carbocycles. The number of hydrogen-bond donors (Lipinski definition) is 1. The fraction of sp³-hybridized carbons (Fsp3) is 0.500. The maximum absolute atomic E-state index is 12.6. The van der Waals surface area contributed by atoms with E-state index in [0.29, 0.717) is 27.2 Å². The van der Waals surface area contributed by atoms with Gasteiger partial charge in [0, 0.05) is 35.0 Å². The fourth-order valence-electron chi connectivity index (χ4n) is 4.69. The van der Waals surface area contributed by atoms with Crippen molar-refractivity contribution in [1.29, 1.82) is 5.26 Å². The molecule has 2 aliphatic rings. The Labute approximate surface area is 196 Å². The Bertz CT molecular complexity index is 978. The molecule has 1 amide bonds. The van der Waals surface area contributed by atoms with Crippen molar-refractivity contribution in [2.45, 2.75) is 62.1 Å². The first kappa shape index (κ1) is 23.2. The Kier molecular flexibility index (Phi) is 7.82. The number of alkyl halides is 2. The maximum atomic E-state index is 12.6. The molecule has 1 aliphatic heterocycles. The minimum atomic E-state index is -2.46. The Balaban J connectivity index is 1.38. The van der Waals surface area contributed by atoms with Gasteiger partial charge in [0.1, 0.15) is 11.1 Å². The molecule has 0 radical (unpaired) electrons. The van der Waals surface area contributed by atoms with E-state index in [0.717, 1.165) is 43.1 Å². The maximum Gasteiger partial charge on any atom is 0.288 e. The third-order valence-electron chi connectivity index (χ3n) is 6.25. The molecule has 0 spiro atoms. The molecule has 4 rings (SSSR count). The zero-order valence-corrected chi connectivity index (χ0v) is 19.5. The summed E-state index contributed by atoms with van der Waals surface area (Å²) in [6, 6.07) is 8.91. The molecule has 0 bridgehead atoms. The smallest absolute Gasteiger partial charge is 0.288 e. The highest BCUT2D eigenvalue weighted by atomic mass is 32.2. The van der Waals surface area contributed by atoms with Gasteiger partial charge in [0.25, 0.3) is 5.76 Å². The minimum absolute atomic E-state index is 0.140. The van der Waals surface area contributed by atoms with Crippen LogP contribution < -0.4 is 5.32 Å². The molecule has 1 fully saturated rings. The van der Waals surface area contributed by atoms with Gasteiger partial charge in [-0.2, -0.15) is 14.0 Å². The van der Waals surface area contributed by atoms with Gasteiger partial charge in [-0.25, -0.2) is 0 Å². The molecule has 1 aromatic carbocycles. The summed E-state index contributed by atoms with van der Waals surface area (Å²) in [4.78, 5) is 16.7. The van der Waals surface area contributed by atoms with E-state index in [1.807, 2.05) is 0 Å². The Morgan fingerprint density at radius 1 is 1.25 bits per heavy atom. The zero-order chi connectivity index (χ0) is 22.5. The number of nitrogens with one attached hydrogen (secondary N) is 1. The highest BCUT2D eigenvalue weighted by Gasteiger charge is 2.27. The Morgan fingerprint density at radius 3 is 2.69 bits per heavy atom. The van der Waals surface area contributed by atoms with E-state index >= 15 is 0 Å². The summed E-state index contributed by atoms with van der Waals surface area (Å²) in [5, 5.41) is 13.4. The van der Waals surface area contributed by atoms with E-state index in [1.165, 1.54) is 48.3 Å². The molecule has 1 aromatic heterocycles. The van der Waals surface area contributed by atoms with Gasteiger partial charge >= 0.3 is 0 Å². The molecule has 1 N–H and O–H groups in total. The number of hydrogen-bond acceptors (Lipinski definition) is 5. The number of rotatable bonds is 7. The number of anilines is 1. The van der Waals surface area contributed by atoms with Gasteiger partial charge in [-0.15, -0.1) is 11.3 Å². The van der Waals surface area contributed by atoms with Gasteiger partial charge in [-0.05, 0) is 42.9 Å². The van der Waals surface area contributed by atoms with Gasteiger partial charge in [-0.1, -0.05) is 43.2 Å². The number of carbonyl (C=O) groups is 1. The van der Waals surface area contributed by atoms with E-state index in [9.17, 15) is 18.8 Å². The number of halogens is 2. The zero-order valence-electron chi connectivity index (χ0n) is 17.9. The Hall–Kier alpha value is -1.95. The first-order valence-electron chi connectivity index (χ1n) is 11.1. The SMILES string of the molecule is N#Cc1c(NC(=O)Cc2ccc(SC(F)F)cc2)sc2c1CN(CC1CCCCC1)CC2. The lowest BCUT2D eigenvalue weighted by atomic mass is 9.88. The van der Waals surface area contributed by atoms with Gasteiger partial charge < -0.3 is 5.32 Å². The number of benzene rings is 1. The van der Waals surface area contributed by atoms with Crippen LogP contribution in [0.2, 0.25) is 0 Å². The lowest BCUT2D eigenvalue weighted by Crippen LogP contribution is -2.34. The molecule has 2 aromatic rings. The number of amides is 1. The molecule has 1 saturated carbocycles. The van der Waals surface area contributed by atoms with Crippen molar-refractivity contribution < 1.29 is 13.6 Å². The predicted molar refractivity (Wildman–Crippen MR) is 125 cm³/mol. The number of thiophene rings is 1. The summed E-state index contributed by atoms with van der Waals surface area (Å²) in [6.45, 7) is 2.89. The van der Waals surface area contributed by atoms with Crippen molar-refractivity contribution >= 4 is 34.0 Å². The molecular weight excluding hydrogens is 448 g/mol. The molecule has 0 atom stereocenters. The van der Waals surface area contributed by atoms with Crippen LogP contribution in [0.5, 0.6) is 0 Å². The van der Waals surface area contributed by atoms with E-state index in [-0.39, 0.29) is 12.3 Å². The number of nitrogens with zero attached hydrogens (tertiary/aromatic N) is 2. The molecule has 32 heavy (non-hydrogen) atoms. The van der Waals surface area contributed by atoms with Crippen molar-refractivity contribution in [3.05, 3.63) is 45.8 Å². The Morgan fingerprint density at radius 2 is 2.00 bits per heavy atom. The normalized spacial score (nSPS) is 17.2. The second-order valence-electron chi connectivity index (χ2n) is 8.56. The van der Waals surface area contributed by atoms with Crippen LogP contribution in [0.4, 0.5) is 13.8 Å². The number of thioether (sulfide) groups is 1. The topological polar surface area (TPSA) is 56.1 Å². The fourth-order valence-corrected chi connectivity index (χ4v) is 6.35. The minimum Gasteiger partial charge on any atom is -0.316 e. The average molecular weight is 476 g/mol. The van der Waals surface area contributed by atoms with Crippen LogP contribution in [0.25, 0.3) is 0 Å². The van der Waals surface area contributed by atoms with Gasteiger partial charge in [0.05, 0.1) is 12.0 Å². The second-order valence-corrected chi connectivity index (χ2v) is 10.7. The molecule has 0 unspecified atom stereocenters. The van der Waals surface area contributed by atoms with E-state index in [2.05, 4.69) is 16.3 Å². The number of nitriles is 1. The van der Waals surface area contributed by atoms with Crippen LogP contribution >= 0.6 is 23.1 Å². The van der Waals surface area contributed by atoms with Crippen LogP contribution in [-0.2, 0) is 24.2 Å². The summed E-state index contributed by atoms with van der Waals surface area (Å²) in [6.07, 6.45) is 7.68. The van der Waals surface area contributed by atoms with Gasteiger partial charge in [0.15, 0.2) is 0 Å². The second kappa shape index (κ2) is 10.8. The van der Waals surface area contributed by atoms with Gasteiger partial charge in [-0.3, -0.25) is 9.69 Å². The molecule has 4 nitrogen and oxygen atoms in total. The van der Waals surface area contributed by atoms with Crippen LogP contribution in [0.1, 0.15) is 53.7 Å². The van der Waals surface area contributed by atoms with Gasteiger partial charge in [0.2, 0.25) is 5.91 Å². The number of carbonyl (C=O) groups excluding carboxylic acids is 1. The number of fused-ring (bicyclic) bond motifs is 1. The monoisotopic (exact) mass is 475 g/mol. The third kappa shape index (κ3) is 5.89. The van der Waals surface area contributed by atoms with Crippen molar-refractivity contribution in [1.82, 2.24) is 4.90 Å².